The molecule has 3 aromatic carbocycles. The number of pyridine rings is 1. The van der Waals surface area contributed by atoms with Crippen molar-refractivity contribution in [1.82, 2.24) is 9.97 Å². The third-order valence-corrected chi connectivity index (χ3v) is 7.07. The lowest BCUT2D eigenvalue weighted by molar-refractivity contribution is 0.102. The second-order valence-electron chi connectivity index (χ2n) is 9.84. The van der Waals surface area contributed by atoms with Crippen molar-refractivity contribution in [3.63, 3.8) is 0 Å². The van der Waals surface area contributed by atoms with Gasteiger partial charge in [0.05, 0.1) is 25.4 Å². The minimum atomic E-state index is -0.308. The minimum absolute atomic E-state index is 0.297. The lowest BCUT2D eigenvalue weighted by Crippen LogP contribution is -2.15. The molecule has 0 saturated carbocycles. The number of carbonyl (C=O) groups excluding carboxylic acids is 1. The summed E-state index contributed by atoms with van der Waals surface area (Å²) in [6, 6.07) is 18.7. The maximum absolute atomic E-state index is 13.2. The highest BCUT2D eigenvalue weighted by Gasteiger charge is 2.24. The maximum Gasteiger partial charge on any atom is 0.258 e. The van der Waals surface area contributed by atoms with Crippen LogP contribution < -0.4 is 19.5 Å². The highest BCUT2D eigenvalue weighted by Crippen LogP contribution is 2.38. The molecule has 2 aromatic heterocycles. The number of methoxy groups -OCH3 is 2. The molecule has 0 spiro atoms. The number of hydrogen-bond donors (Lipinski definition) is 1. The van der Waals surface area contributed by atoms with Crippen molar-refractivity contribution in [2.45, 2.75) is 26.2 Å². The first-order valence-corrected chi connectivity index (χ1v) is 13.0. The summed E-state index contributed by atoms with van der Waals surface area (Å²) >= 11 is 1.18. The number of anilines is 1. The van der Waals surface area contributed by atoms with Gasteiger partial charge in [-0.25, -0.2) is 4.98 Å². The fraction of sp³-hybridized carbons (Fsp3) is 0.200. The van der Waals surface area contributed by atoms with Gasteiger partial charge in [-0.3, -0.25) is 15.1 Å². The van der Waals surface area contributed by atoms with Gasteiger partial charge in [-0.2, -0.15) is 5.26 Å². The van der Waals surface area contributed by atoms with Gasteiger partial charge in [0.25, 0.3) is 5.91 Å². The molecule has 2 heterocycles. The molecular formula is C30H26N4O4S. The Balaban J connectivity index is 1.45. The van der Waals surface area contributed by atoms with Gasteiger partial charge < -0.3 is 14.2 Å². The Morgan fingerprint density at radius 1 is 0.974 bits per heavy atom. The predicted molar refractivity (Wildman–Crippen MR) is 152 cm³/mol. The second kappa shape index (κ2) is 10.2. The van der Waals surface area contributed by atoms with E-state index in [4.69, 9.17) is 14.2 Å². The van der Waals surface area contributed by atoms with E-state index in [9.17, 15) is 10.1 Å². The molecule has 5 rings (SSSR count). The fourth-order valence-corrected chi connectivity index (χ4v) is 5.28. The number of ether oxygens (including phenoxy) is 3. The molecule has 0 fully saturated rings. The van der Waals surface area contributed by atoms with Gasteiger partial charge in [0.1, 0.15) is 22.4 Å². The molecule has 0 aliphatic rings. The summed E-state index contributed by atoms with van der Waals surface area (Å²) < 4.78 is 17.1. The molecular weight excluding hydrogens is 512 g/mol. The molecule has 9 heteroatoms. The van der Waals surface area contributed by atoms with Gasteiger partial charge in [0.15, 0.2) is 16.6 Å². The van der Waals surface area contributed by atoms with Gasteiger partial charge in [-0.05, 0) is 47.2 Å². The molecule has 1 N–H and O–H groups in total. The van der Waals surface area contributed by atoms with Crippen LogP contribution in [0.15, 0.2) is 60.8 Å². The second-order valence-corrected chi connectivity index (χ2v) is 10.8. The molecule has 0 unspecified atom stereocenters. The molecule has 0 atom stereocenters. The molecule has 0 saturated heterocycles. The Morgan fingerprint density at radius 3 is 2.44 bits per heavy atom. The summed E-state index contributed by atoms with van der Waals surface area (Å²) in [4.78, 5) is 22.7. The van der Waals surface area contributed by atoms with Crippen molar-refractivity contribution < 1.29 is 19.0 Å². The van der Waals surface area contributed by atoms with E-state index in [-0.39, 0.29) is 11.3 Å². The first-order valence-electron chi connectivity index (χ1n) is 12.2. The number of hydrogen-bond acceptors (Lipinski definition) is 8. The van der Waals surface area contributed by atoms with Crippen LogP contribution in [0.3, 0.4) is 0 Å². The standard InChI is InChI=1S/C30H26N4O4S/c1-30(2,3)27-26(16-31)39-29(33-27)34-28(35)20-8-6-7-17-13-18(9-10-19(17)20)38-23-11-12-32-22-15-25(37-5)24(36-4)14-21(22)23/h6-15H,1-5H3,(H,33,34,35). The lowest BCUT2D eigenvalue weighted by Gasteiger charge is -2.15. The number of nitrogens with zero attached hydrogens (tertiary/aromatic N) is 3. The van der Waals surface area contributed by atoms with Gasteiger partial charge in [-0.15, -0.1) is 0 Å². The summed E-state index contributed by atoms with van der Waals surface area (Å²) in [5.41, 5.74) is 1.57. The molecule has 0 aliphatic carbocycles. The average molecular weight is 539 g/mol. The maximum atomic E-state index is 13.2. The number of aromatic nitrogens is 2. The van der Waals surface area contributed by atoms with Crippen LogP contribution in [0, 0.1) is 11.3 Å². The number of rotatable bonds is 6. The number of thiazole rings is 1. The first kappa shape index (κ1) is 25.9. The van der Waals surface area contributed by atoms with Gasteiger partial charge in [-0.1, -0.05) is 44.2 Å². The van der Waals surface area contributed by atoms with Crippen LogP contribution in [0.5, 0.6) is 23.0 Å². The summed E-state index contributed by atoms with van der Waals surface area (Å²) in [6.45, 7) is 5.96. The number of benzene rings is 3. The quantitative estimate of drug-likeness (QED) is 0.246. The molecule has 39 heavy (non-hydrogen) atoms. The van der Waals surface area contributed by atoms with Crippen molar-refractivity contribution >= 4 is 44.1 Å². The Kier molecular flexibility index (Phi) is 6.81. The average Bonchev–Trinajstić information content (AvgIpc) is 3.35. The van der Waals surface area contributed by atoms with E-state index >= 15 is 0 Å². The number of nitrogens with one attached hydrogen (secondary N) is 1. The van der Waals surface area contributed by atoms with Crippen molar-refractivity contribution in [3.05, 3.63) is 76.9 Å². The smallest absolute Gasteiger partial charge is 0.258 e. The van der Waals surface area contributed by atoms with E-state index in [1.54, 1.807) is 38.6 Å². The highest BCUT2D eigenvalue weighted by molar-refractivity contribution is 7.16. The molecule has 1 amide bonds. The van der Waals surface area contributed by atoms with Crippen molar-refractivity contribution in [2.24, 2.45) is 0 Å². The Labute approximate surface area is 229 Å². The van der Waals surface area contributed by atoms with Gasteiger partial charge >= 0.3 is 0 Å². The van der Waals surface area contributed by atoms with E-state index in [1.165, 1.54) is 11.3 Å². The third-order valence-electron chi connectivity index (χ3n) is 6.19. The van der Waals surface area contributed by atoms with Crippen LogP contribution in [0.2, 0.25) is 0 Å². The largest absolute Gasteiger partial charge is 0.493 e. The molecule has 0 aliphatic heterocycles. The van der Waals surface area contributed by atoms with Crippen molar-refractivity contribution in [1.29, 1.82) is 5.26 Å². The van der Waals surface area contributed by atoms with Crippen LogP contribution in [-0.2, 0) is 5.41 Å². The number of carbonyl (C=O) groups is 1. The number of amides is 1. The lowest BCUT2D eigenvalue weighted by atomic mass is 9.91. The van der Waals surface area contributed by atoms with Crippen LogP contribution in [-0.4, -0.2) is 30.1 Å². The molecule has 196 valence electrons. The predicted octanol–water partition coefficient (Wildman–Crippen LogP) is 7.08. The normalized spacial score (nSPS) is 11.3. The molecule has 0 radical (unpaired) electrons. The van der Waals surface area contributed by atoms with Crippen LogP contribution in [0.4, 0.5) is 5.13 Å². The van der Waals surface area contributed by atoms with Crippen LogP contribution >= 0.6 is 11.3 Å². The highest BCUT2D eigenvalue weighted by atomic mass is 32.1. The fourth-order valence-electron chi connectivity index (χ4n) is 4.31. The van der Waals surface area contributed by atoms with Gasteiger partial charge in [0, 0.05) is 28.6 Å². The van der Waals surface area contributed by atoms with E-state index in [0.29, 0.717) is 49.8 Å². The van der Waals surface area contributed by atoms with E-state index in [0.717, 1.165) is 16.2 Å². The Hall–Kier alpha value is -4.68. The van der Waals surface area contributed by atoms with Crippen molar-refractivity contribution in [3.8, 4) is 29.1 Å². The number of nitriles is 1. The molecule has 0 bridgehead atoms. The molecule has 8 nitrogen and oxygen atoms in total. The first-order chi connectivity index (χ1) is 18.7. The summed E-state index contributed by atoms with van der Waals surface area (Å²) in [5.74, 6) is 2.09. The Bertz CT molecular complexity index is 1770. The summed E-state index contributed by atoms with van der Waals surface area (Å²) in [7, 11) is 3.16. The zero-order valence-electron chi connectivity index (χ0n) is 22.2. The summed E-state index contributed by atoms with van der Waals surface area (Å²) in [5, 5.41) is 15.2. The van der Waals surface area contributed by atoms with E-state index < -0.39 is 0 Å². The topological polar surface area (TPSA) is 106 Å². The number of fused-ring (bicyclic) bond motifs is 2. The van der Waals surface area contributed by atoms with Crippen LogP contribution in [0.1, 0.15) is 41.7 Å². The minimum Gasteiger partial charge on any atom is -0.493 e. The zero-order chi connectivity index (χ0) is 27.7. The monoisotopic (exact) mass is 538 g/mol. The molecule has 5 aromatic rings. The summed E-state index contributed by atoms with van der Waals surface area (Å²) in [6.07, 6.45) is 1.68. The van der Waals surface area contributed by atoms with E-state index in [1.807, 2.05) is 57.2 Å². The van der Waals surface area contributed by atoms with Gasteiger partial charge in [0.2, 0.25) is 0 Å². The SMILES string of the molecule is COc1cc2nccc(Oc3ccc4c(C(=O)Nc5nc(C(C)(C)C)c(C#N)s5)cccc4c3)c2cc1OC. The van der Waals surface area contributed by atoms with Crippen molar-refractivity contribution in [2.75, 3.05) is 19.5 Å². The third kappa shape index (κ3) is 5.07. The Morgan fingerprint density at radius 2 is 1.74 bits per heavy atom. The zero-order valence-corrected chi connectivity index (χ0v) is 23.0. The van der Waals surface area contributed by atoms with E-state index in [2.05, 4.69) is 21.4 Å². The van der Waals surface area contributed by atoms with Crippen LogP contribution in [0.25, 0.3) is 21.7 Å².